The van der Waals surface area contributed by atoms with Crippen molar-refractivity contribution >= 4 is 12.0 Å². The van der Waals surface area contributed by atoms with E-state index in [9.17, 15) is 9.59 Å². The van der Waals surface area contributed by atoms with Gasteiger partial charge in [0.25, 0.3) is 0 Å². The molecule has 0 spiro atoms. The Morgan fingerprint density at radius 2 is 1.89 bits per heavy atom. The summed E-state index contributed by atoms with van der Waals surface area (Å²) in [5.41, 5.74) is 5.10. The van der Waals surface area contributed by atoms with Gasteiger partial charge in [-0.2, -0.15) is 0 Å². The molecular weight excluding hydrogens is 234 g/mol. The molecule has 6 heteroatoms. The lowest BCUT2D eigenvalue weighted by Crippen LogP contribution is -2.49. The number of primary amides is 1. The van der Waals surface area contributed by atoms with Crippen molar-refractivity contribution in [2.75, 3.05) is 39.3 Å². The largest absolute Gasteiger partial charge is 0.449 e. The third kappa shape index (κ3) is 5.35. The molecule has 0 atom stereocenters. The summed E-state index contributed by atoms with van der Waals surface area (Å²) >= 11 is 0. The van der Waals surface area contributed by atoms with Gasteiger partial charge < -0.3 is 15.4 Å². The molecule has 0 aromatic heterocycles. The SMILES string of the molecule is CCCCOC(=O)N1CCN(CCC(N)=O)CC1. The number of carbonyl (C=O) groups excluding carboxylic acids is 2. The van der Waals surface area contributed by atoms with Crippen molar-refractivity contribution in [1.29, 1.82) is 0 Å². The quantitative estimate of drug-likeness (QED) is 0.700. The third-order valence-corrected chi connectivity index (χ3v) is 3.03. The van der Waals surface area contributed by atoms with Gasteiger partial charge in [-0.1, -0.05) is 13.3 Å². The van der Waals surface area contributed by atoms with Crippen LogP contribution in [0.1, 0.15) is 26.2 Å². The summed E-state index contributed by atoms with van der Waals surface area (Å²) in [5.74, 6) is -0.281. The molecule has 0 unspecified atom stereocenters. The number of rotatable bonds is 6. The first-order valence-corrected chi connectivity index (χ1v) is 6.56. The molecule has 2 amide bonds. The van der Waals surface area contributed by atoms with E-state index in [1.54, 1.807) is 4.90 Å². The van der Waals surface area contributed by atoms with E-state index in [2.05, 4.69) is 11.8 Å². The average molecular weight is 257 g/mol. The minimum absolute atomic E-state index is 0.224. The first-order valence-electron chi connectivity index (χ1n) is 6.56. The number of hydrogen-bond donors (Lipinski definition) is 1. The van der Waals surface area contributed by atoms with Gasteiger partial charge in [-0.05, 0) is 6.42 Å². The van der Waals surface area contributed by atoms with Crippen LogP contribution in [0.15, 0.2) is 0 Å². The minimum Gasteiger partial charge on any atom is -0.449 e. The smallest absolute Gasteiger partial charge is 0.409 e. The molecule has 0 radical (unpaired) electrons. The fourth-order valence-electron chi connectivity index (χ4n) is 1.82. The average Bonchev–Trinajstić information content (AvgIpc) is 2.37. The van der Waals surface area contributed by atoms with E-state index in [-0.39, 0.29) is 12.0 Å². The van der Waals surface area contributed by atoms with E-state index in [4.69, 9.17) is 10.5 Å². The monoisotopic (exact) mass is 257 g/mol. The Balaban J connectivity index is 2.17. The van der Waals surface area contributed by atoms with E-state index in [0.29, 0.717) is 32.7 Å². The van der Waals surface area contributed by atoms with Crippen LogP contribution in [0.2, 0.25) is 0 Å². The summed E-state index contributed by atoms with van der Waals surface area (Å²) in [7, 11) is 0. The molecule has 1 fully saturated rings. The second kappa shape index (κ2) is 7.92. The maximum absolute atomic E-state index is 11.7. The molecule has 0 aromatic carbocycles. The van der Waals surface area contributed by atoms with Gasteiger partial charge in [0.1, 0.15) is 0 Å². The van der Waals surface area contributed by atoms with E-state index >= 15 is 0 Å². The second-order valence-electron chi connectivity index (χ2n) is 4.51. The van der Waals surface area contributed by atoms with Crippen LogP contribution in [0.4, 0.5) is 4.79 Å². The summed E-state index contributed by atoms with van der Waals surface area (Å²) in [6.45, 7) is 6.09. The lowest BCUT2D eigenvalue weighted by molar-refractivity contribution is -0.118. The molecule has 1 rings (SSSR count). The van der Waals surface area contributed by atoms with E-state index in [1.807, 2.05) is 0 Å². The molecule has 0 saturated carbocycles. The molecule has 0 bridgehead atoms. The predicted octanol–water partition coefficient (Wildman–Crippen LogP) is 0.416. The normalized spacial score (nSPS) is 16.6. The van der Waals surface area contributed by atoms with Crippen LogP contribution in [0.3, 0.4) is 0 Å². The Kier molecular flexibility index (Phi) is 6.49. The number of ether oxygens (including phenoxy) is 1. The number of nitrogens with zero attached hydrogens (tertiary/aromatic N) is 2. The first kappa shape index (κ1) is 14.8. The van der Waals surface area contributed by atoms with Gasteiger partial charge in [0.05, 0.1) is 6.61 Å². The van der Waals surface area contributed by atoms with Gasteiger partial charge in [0.2, 0.25) is 5.91 Å². The highest BCUT2D eigenvalue weighted by Crippen LogP contribution is 2.05. The highest BCUT2D eigenvalue weighted by Gasteiger charge is 2.21. The molecule has 1 heterocycles. The number of unbranched alkanes of at least 4 members (excludes halogenated alkanes) is 1. The van der Waals surface area contributed by atoms with Gasteiger partial charge in [0, 0.05) is 39.1 Å². The Hall–Kier alpha value is -1.30. The molecule has 104 valence electrons. The maximum atomic E-state index is 11.7. The number of carbonyl (C=O) groups is 2. The van der Waals surface area contributed by atoms with E-state index in [0.717, 1.165) is 25.9 Å². The van der Waals surface area contributed by atoms with Crippen LogP contribution in [-0.2, 0) is 9.53 Å². The van der Waals surface area contributed by atoms with Crippen molar-refractivity contribution in [1.82, 2.24) is 9.80 Å². The van der Waals surface area contributed by atoms with Crippen molar-refractivity contribution in [3.05, 3.63) is 0 Å². The summed E-state index contributed by atoms with van der Waals surface area (Å²) in [5, 5.41) is 0. The highest BCUT2D eigenvalue weighted by molar-refractivity contribution is 5.73. The highest BCUT2D eigenvalue weighted by atomic mass is 16.6. The van der Waals surface area contributed by atoms with Crippen LogP contribution in [-0.4, -0.2) is 61.1 Å². The summed E-state index contributed by atoms with van der Waals surface area (Å²) in [4.78, 5) is 26.2. The maximum Gasteiger partial charge on any atom is 0.409 e. The Bertz CT molecular complexity index is 276. The summed E-state index contributed by atoms with van der Waals surface area (Å²) < 4.78 is 5.15. The van der Waals surface area contributed by atoms with Crippen LogP contribution >= 0.6 is 0 Å². The lowest BCUT2D eigenvalue weighted by atomic mass is 10.3. The molecule has 0 aromatic rings. The van der Waals surface area contributed by atoms with Crippen molar-refractivity contribution in [2.24, 2.45) is 5.73 Å². The van der Waals surface area contributed by atoms with Gasteiger partial charge in [-0.15, -0.1) is 0 Å². The van der Waals surface area contributed by atoms with Crippen LogP contribution < -0.4 is 5.73 Å². The van der Waals surface area contributed by atoms with Crippen LogP contribution in [0.25, 0.3) is 0 Å². The van der Waals surface area contributed by atoms with Crippen LogP contribution in [0, 0.1) is 0 Å². The Labute approximate surface area is 108 Å². The zero-order valence-corrected chi connectivity index (χ0v) is 11.1. The van der Waals surface area contributed by atoms with Gasteiger partial charge in [-0.25, -0.2) is 4.79 Å². The summed E-state index contributed by atoms with van der Waals surface area (Å²) in [6, 6.07) is 0. The third-order valence-electron chi connectivity index (χ3n) is 3.03. The topological polar surface area (TPSA) is 75.9 Å². The van der Waals surface area contributed by atoms with Crippen LogP contribution in [0.5, 0.6) is 0 Å². The summed E-state index contributed by atoms with van der Waals surface area (Å²) in [6.07, 6.45) is 2.08. The molecule has 1 aliphatic rings. The molecular formula is C12H23N3O3. The molecule has 1 aliphatic heterocycles. The minimum atomic E-state index is -0.281. The zero-order chi connectivity index (χ0) is 13.4. The Morgan fingerprint density at radius 3 is 2.44 bits per heavy atom. The van der Waals surface area contributed by atoms with Crippen molar-refractivity contribution in [2.45, 2.75) is 26.2 Å². The first-order chi connectivity index (χ1) is 8.63. The Morgan fingerprint density at radius 1 is 1.22 bits per heavy atom. The second-order valence-corrected chi connectivity index (χ2v) is 4.51. The predicted molar refractivity (Wildman–Crippen MR) is 68.1 cm³/mol. The number of nitrogens with two attached hydrogens (primary N) is 1. The molecule has 1 saturated heterocycles. The lowest BCUT2D eigenvalue weighted by Gasteiger charge is -2.33. The van der Waals surface area contributed by atoms with Crippen molar-refractivity contribution in [3.63, 3.8) is 0 Å². The molecule has 0 aliphatic carbocycles. The fraction of sp³-hybridized carbons (Fsp3) is 0.833. The number of piperazine rings is 1. The van der Waals surface area contributed by atoms with Gasteiger partial charge in [0.15, 0.2) is 0 Å². The van der Waals surface area contributed by atoms with Gasteiger partial charge in [-0.3, -0.25) is 9.69 Å². The molecule has 6 nitrogen and oxygen atoms in total. The number of hydrogen-bond acceptors (Lipinski definition) is 4. The fourth-order valence-corrected chi connectivity index (χ4v) is 1.82. The standard InChI is InChI=1S/C12H23N3O3/c1-2-3-10-18-12(17)15-8-6-14(7-9-15)5-4-11(13)16/h2-10H2,1H3,(H2,13,16). The van der Waals surface area contributed by atoms with Crippen molar-refractivity contribution in [3.8, 4) is 0 Å². The molecule has 18 heavy (non-hydrogen) atoms. The van der Waals surface area contributed by atoms with E-state index in [1.165, 1.54) is 0 Å². The van der Waals surface area contributed by atoms with E-state index < -0.39 is 0 Å². The number of amides is 2. The zero-order valence-electron chi connectivity index (χ0n) is 11.1. The molecule has 2 N–H and O–H groups in total. The van der Waals surface area contributed by atoms with Crippen molar-refractivity contribution < 1.29 is 14.3 Å². The van der Waals surface area contributed by atoms with Gasteiger partial charge >= 0.3 is 6.09 Å².